The third kappa shape index (κ3) is 2.65. The first-order valence-corrected chi connectivity index (χ1v) is 6.12. The van der Waals surface area contributed by atoms with E-state index in [1.165, 1.54) is 6.33 Å². The van der Waals surface area contributed by atoms with E-state index in [4.69, 9.17) is 0 Å². The molecule has 1 fully saturated rings. The summed E-state index contributed by atoms with van der Waals surface area (Å²) in [6.07, 6.45) is 5.38. The van der Waals surface area contributed by atoms with Gasteiger partial charge in [0.25, 0.3) is 0 Å². The second-order valence-electron chi connectivity index (χ2n) is 5.66. The SMILES string of the molecule is CC(C)(C)C(=O)N1CCCC1Cn1cncn1. The molecular formula is C12H20N4O. The second kappa shape index (κ2) is 4.47. The molecule has 1 amide bonds. The van der Waals surface area contributed by atoms with Crippen LogP contribution in [0.3, 0.4) is 0 Å². The van der Waals surface area contributed by atoms with Gasteiger partial charge in [-0.05, 0) is 12.8 Å². The highest BCUT2D eigenvalue weighted by atomic mass is 16.2. The molecule has 1 saturated heterocycles. The number of rotatable bonds is 2. The van der Waals surface area contributed by atoms with Gasteiger partial charge in [-0.1, -0.05) is 20.8 Å². The Balaban J connectivity index is 2.05. The maximum absolute atomic E-state index is 12.3. The molecule has 0 saturated carbocycles. The van der Waals surface area contributed by atoms with E-state index in [1.807, 2.05) is 25.7 Å². The quantitative estimate of drug-likeness (QED) is 0.778. The lowest BCUT2D eigenvalue weighted by Gasteiger charge is -2.30. The van der Waals surface area contributed by atoms with Gasteiger partial charge in [-0.3, -0.25) is 9.48 Å². The highest BCUT2D eigenvalue weighted by molar-refractivity contribution is 5.82. The van der Waals surface area contributed by atoms with Gasteiger partial charge < -0.3 is 4.90 Å². The molecule has 0 aromatic carbocycles. The van der Waals surface area contributed by atoms with Crippen LogP contribution in [0.1, 0.15) is 33.6 Å². The normalized spacial score (nSPS) is 20.9. The van der Waals surface area contributed by atoms with Crippen LogP contribution in [0.5, 0.6) is 0 Å². The van der Waals surface area contributed by atoms with E-state index >= 15 is 0 Å². The Bertz CT molecular complexity index is 380. The second-order valence-corrected chi connectivity index (χ2v) is 5.66. The third-order valence-electron chi connectivity index (χ3n) is 3.14. The van der Waals surface area contributed by atoms with Gasteiger partial charge in [0.15, 0.2) is 0 Å². The van der Waals surface area contributed by atoms with Crippen molar-refractivity contribution in [1.82, 2.24) is 19.7 Å². The number of likely N-dealkylation sites (tertiary alicyclic amines) is 1. The maximum Gasteiger partial charge on any atom is 0.228 e. The van der Waals surface area contributed by atoms with Crippen LogP contribution in [0.15, 0.2) is 12.7 Å². The molecule has 5 heteroatoms. The Morgan fingerprint density at radius 3 is 2.82 bits per heavy atom. The van der Waals surface area contributed by atoms with Crippen molar-refractivity contribution in [3.63, 3.8) is 0 Å². The van der Waals surface area contributed by atoms with Crippen molar-refractivity contribution in [3.8, 4) is 0 Å². The molecule has 2 heterocycles. The summed E-state index contributed by atoms with van der Waals surface area (Å²) in [5.74, 6) is 0.236. The van der Waals surface area contributed by atoms with E-state index < -0.39 is 0 Å². The zero-order valence-electron chi connectivity index (χ0n) is 10.8. The monoisotopic (exact) mass is 236 g/mol. The first-order valence-electron chi connectivity index (χ1n) is 6.12. The standard InChI is InChI=1S/C12H20N4O/c1-12(2,3)11(17)16-6-4-5-10(16)7-15-9-13-8-14-15/h8-10H,4-7H2,1-3H3. The zero-order chi connectivity index (χ0) is 12.5. The van der Waals surface area contributed by atoms with E-state index in [2.05, 4.69) is 10.1 Å². The Morgan fingerprint density at radius 2 is 2.24 bits per heavy atom. The van der Waals surface area contributed by atoms with Crippen LogP contribution in [-0.4, -0.2) is 38.2 Å². The summed E-state index contributed by atoms with van der Waals surface area (Å²) < 4.78 is 1.80. The van der Waals surface area contributed by atoms with Crippen molar-refractivity contribution in [2.75, 3.05) is 6.54 Å². The first kappa shape index (κ1) is 12.1. The molecule has 94 valence electrons. The fraction of sp³-hybridized carbons (Fsp3) is 0.750. The molecule has 0 N–H and O–H groups in total. The van der Waals surface area contributed by atoms with Gasteiger partial charge in [0.2, 0.25) is 5.91 Å². The van der Waals surface area contributed by atoms with Crippen molar-refractivity contribution in [3.05, 3.63) is 12.7 Å². The number of hydrogen-bond donors (Lipinski definition) is 0. The van der Waals surface area contributed by atoms with E-state index in [0.29, 0.717) is 0 Å². The van der Waals surface area contributed by atoms with Crippen LogP contribution in [0.4, 0.5) is 0 Å². The Morgan fingerprint density at radius 1 is 1.47 bits per heavy atom. The highest BCUT2D eigenvalue weighted by Gasteiger charge is 2.35. The Labute approximate surface area is 102 Å². The van der Waals surface area contributed by atoms with Crippen LogP contribution < -0.4 is 0 Å². The van der Waals surface area contributed by atoms with Gasteiger partial charge in [0, 0.05) is 12.0 Å². The minimum absolute atomic E-state index is 0.236. The van der Waals surface area contributed by atoms with Gasteiger partial charge >= 0.3 is 0 Å². The van der Waals surface area contributed by atoms with E-state index in [1.54, 1.807) is 11.0 Å². The number of carbonyl (C=O) groups excluding carboxylic acids is 1. The van der Waals surface area contributed by atoms with Crippen molar-refractivity contribution >= 4 is 5.91 Å². The lowest BCUT2D eigenvalue weighted by Crippen LogP contribution is -2.44. The molecule has 0 spiro atoms. The smallest absolute Gasteiger partial charge is 0.228 e. The predicted octanol–water partition coefficient (Wildman–Crippen LogP) is 1.32. The van der Waals surface area contributed by atoms with Crippen LogP contribution >= 0.6 is 0 Å². The van der Waals surface area contributed by atoms with Crippen LogP contribution in [-0.2, 0) is 11.3 Å². The van der Waals surface area contributed by atoms with E-state index in [-0.39, 0.29) is 17.4 Å². The lowest BCUT2D eigenvalue weighted by molar-refractivity contribution is -0.140. The topological polar surface area (TPSA) is 51.0 Å². The minimum Gasteiger partial charge on any atom is -0.337 e. The maximum atomic E-state index is 12.3. The van der Waals surface area contributed by atoms with Gasteiger partial charge in [-0.2, -0.15) is 5.10 Å². The molecule has 1 aliphatic rings. The molecule has 1 unspecified atom stereocenters. The predicted molar refractivity (Wildman–Crippen MR) is 64.2 cm³/mol. The molecule has 1 atom stereocenters. The van der Waals surface area contributed by atoms with Gasteiger partial charge in [-0.15, -0.1) is 0 Å². The summed E-state index contributed by atoms with van der Waals surface area (Å²) in [5, 5.41) is 4.10. The summed E-state index contributed by atoms with van der Waals surface area (Å²) in [7, 11) is 0. The van der Waals surface area contributed by atoms with Crippen molar-refractivity contribution in [2.24, 2.45) is 5.41 Å². The van der Waals surface area contributed by atoms with Crippen molar-refractivity contribution in [1.29, 1.82) is 0 Å². The number of carbonyl (C=O) groups is 1. The fourth-order valence-electron chi connectivity index (χ4n) is 2.27. The van der Waals surface area contributed by atoms with Gasteiger partial charge in [0.05, 0.1) is 12.6 Å². The molecule has 17 heavy (non-hydrogen) atoms. The third-order valence-corrected chi connectivity index (χ3v) is 3.14. The molecule has 5 nitrogen and oxygen atoms in total. The average molecular weight is 236 g/mol. The van der Waals surface area contributed by atoms with Crippen LogP contribution in [0, 0.1) is 5.41 Å². The molecule has 2 rings (SSSR count). The number of amides is 1. The molecule has 1 aromatic rings. The van der Waals surface area contributed by atoms with Crippen molar-refractivity contribution in [2.45, 2.75) is 46.2 Å². The lowest BCUT2D eigenvalue weighted by atomic mass is 9.94. The molecule has 0 radical (unpaired) electrons. The Hall–Kier alpha value is -1.39. The van der Waals surface area contributed by atoms with Gasteiger partial charge in [0.1, 0.15) is 12.7 Å². The summed E-state index contributed by atoms with van der Waals surface area (Å²) >= 11 is 0. The molecular weight excluding hydrogens is 216 g/mol. The highest BCUT2D eigenvalue weighted by Crippen LogP contribution is 2.25. The average Bonchev–Trinajstić information content (AvgIpc) is 2.87. The molecule has 1 aromatic heterocycles. The summed E-state index contributed by atoms with van der Waals surface area (Å²) in [6.45, 7) is 7.54. The summed E-state index contributed by atoms with van der Waals surface area (Å²) in [6, 6.07) is 0.267. The zero-order valence-corrected chi connectivity index (χ0v) is 10.8. The van der Waals surface area contributed by atoms with Gasteiger partial charge in [-0.25, -0.2) is 4.98 Å². The summed E-state index contributed by atoms with van der Waals surface area (Å²) in [4.78, 5) is 18.2. The fourth-order valence-corrected chi connectivity index (χ4v) is 2.27. The van der Waals surface area contributed by atoms with Crippen LogP contribution in [0.2, 0.25) is 0 Å². The minimum atomic E-state index is -0.301. The number of nitrogens with zero attached hydrogens (tertiary/aromatic N) is 4. The largest absolute Gasteiger partial charge is 0.337 e. The number of aromatic nitrogens is 3. The molecule has 0 bridgehead atoms. The van der Waals surface area contributed by atoms with Crippen molar-refractivity contribution < 1.29 is 4.79 Å². The van der Waals surface area contributed by atoms with E-state index in [9.17, 15) is 4.79 Å². The van der Waals surface area contributed by atoms with Crippen LogP contribution in [0.25, 0.3) is 0 Å². The van der Waals surface area contributed by atoms with E-state index in [0.717, 1.165) is 25.9 Å². The summed E-state index contributed by atoms with van der Waals surface area (Å²) in [5.41, 5.74) is -0.301. The molecule has 0 aliphatic carbocycles. The number of hydrogen-bond acceptors (Lipinski definition) is 3. The Kier molecular flexibility index (Phi) is 3.17. The first-order chi connectivity index (χ1) is 7.98. The molecule has 1 aliphatic heterocycles.